The molecular weight excluding hydrogens is 270 g/mol. The largest absolute Gasteiger partial charge is 0.465 e. The molecule has 2 aromatic rings. The molecule has 0 radical (unpaired) electrons. The van der Waals surface area contributed by atoms with Crippen LogP contribution in [0.1, 0.15) is 31.1 Å². The Bertz CT molecular complexity index is 648. The van der Waals surface area contributed by atoms with Crippen LogP contribution in [-0.4, -0.2) is 46.2 Å². The van der Waals surface area contributed by atoms with Crippen molar-refractivity contribution in [2.24, 2.45) is 0 Å². The number of carbonyl (C=O) groups excluding carboxylic acids is 2. The summed E-state index contributed by atoms with van der Waals surface area (Å²) in [5.74, 6) is -0.600. The van der Waals surface area contributed by atoms with E-state index in [1.54, 1.807) is 25.3 Å². The smallest absolute Gasteiger partial charge is 0.325 e. The predicted molar refractivity (Wildman–Crippen MR) is 78.9 cm³/mol. The zero-order valence-electron chi connectivity index (χ0n) is 12.4. The molecule has 0 spiro atoms. The molecule has 6 nitrogen and oxygen atoms in total. The van der Waals surface area contributed by atoms with Crippen molar-refractivity contribution in [2.75, 3.05) is 13.2 Å². The molecule has 0 aliphatic carbocycles. The van der Waals surface area contributed by atoms with Crippen LogP contribution in [0.3, 0.4) is 0 Å². The molecular formula is C15H19N3O3. The number of hydrogen-bond acceptors (Lipinski definition) is 4. The van der Waals surface area contributed by atoms with Crippen molar-refractivity contribution in [3.8, 4) is 0 Å². The monoisotopic (exact) mass is 289 g/mol. The average molecular weight is 289 g/mol. The lowest BCUT2D eigenvalue weighted by molar-refractivity contribution is -0.144. The first-order valence-corrected chi connectivity index (χ1v) is 6.92. The maximum Gasteiger partial charge on any atom is 0.325 e. The van der Waals surface area contributed by atoms with Crippen molar-refractivity contribution < 1.29 is 14.3 Å². The molecule has 6 heteroatoms. The first-order chi connectivity index (χ1) is 10.0. The topological polar surface area (TPSA) is 75.3 Å². The molecule has 112 valence electrons. The van der Waals surface area contributed by atoms with Gasteiger partial charge < -0.3 is 9.64 Å². The summed E-state index contributed by atoms with van der Waals surface area (Å²) in [5, 5.41) is 7.70. The average Bonchev–Trinajstić information content (AvgIpc) is 2.91. The molecule has 1 N–H and O–H groups in total. The van der Waals surface area contributed by atoms with Crippen LogP contribution in [0, 0.1) is 0 Å². The number of fused-ring (bicyclic) bond motifs is 1. The number of aromatic amines is 1. The first kappa shape index (κ1) is 15.0. The number of nitrogens with zero attached hydrogens (tertiary/aromatic N) is 2. The van der Waals surface area contributed by atoms with Crippen molar-refractivity contribution >= 4 is 22.8 Å². The van der Waals surface area contributed by atoms with Gasteiger partial charge in [0.1, 0.15) is 6.54 Å². The third-order valence-corrected chi connectivity index (χ3v) is 3.18. The third kappa shape index (κ3) is 3.39. The third-order valence-electron chi connectivity index (χ3n) is 3.18. The van der Waals surface area contributed by atoms with E-state index in [1.807, 2.05) is 19.9 Å². The summed E-state index contributed by atoms with van der Waals surface area (Å²) in [6, 6.07) is 5.21. The van der Waals surface area contributed by atoms with Gasteiger partial charge >= 0.3 is 5.97 Å². The number of H-pyrrole nitrogens is 1. The zero-order chi connectivity index (χ0) is 15.4. The number of hydrogen-bond donors (Lipinski definition) is 1. The first-order valence-electron chi connectivity index (χ1n) is 6.92. The van der Waals surface area contributed by atoms with E-state index in [0.717, 1.165) is 10.9 Å². The van der Waals surface area contributed by atoms with Crippen molar-refractivity contribution in [3.05, 3.63) is 30.0 Å². The number of esters is 1. The fourth-order valence-electron chi connectivity index (χ4n) is 2.07. The van der Waals surface area contributed by atoms with Crippen molar-refractivity contribution in [1.82, 2.24) is 15.1 Å². The van der Waals surface area contributed by atoms with Crippen LogP contribution in [0.2, 0.25) is 0 Å². The Labute approximate surface area is 123 Å². The van der Waals surface area contributed by atoms with Gasteiger partial charge in [-0.2, -0.15) is 5.10 Å². The van der Waals surface area contributed by atoms with Crippen LogP contribution in [0.4, 0.5) is 0 Å². The van der Waals surface area contributed by atoms with E-state index in [2.05, 4.69) is 10.2 Å². The van der Waals surface area contributed by atoms with Gasteiger partial charge in [0.05, 0.1) is 18.3 Å². The summed E-state index contributed by atoms with van der Waals surface area (Å²) in [7, 11) is 0. The van der Waals surface area contributed by atoms with E-state index in [0.29, 0.717) is 12.2 Å². The number of rotatable bonds is 5. The molecule has 0 aliphatic rings. The van der Waals surface area contributed by atoms with Gasteiger partial charge in [-0.05, 0) is 32.9 Å². The molecule has 0 aliphatic heterocycles. The maximum absolute atomic E-state index is 12.6. The van der Waals surface area contributed by atoms with E-state index in [-0.39, 0.29) is 18.5 Å². The minimum atomic E-state index is -0.401. The second kappa shape index (κ2) is 6.39. The van der Waals surface area contributed by atoms with E-state index in [1.165, 1.54) is 4.90 Å². The number of nitrogens with one attached hydrogen (secondary N) is 1. The number of ether oxygens (including phenoxy) is 1. The van der Waals surface area contributed by atoms with Crippen molar-refractivity contribution in [1.29, 1.82) is 0 Å². The summed E-state index contributed by atoms with van der Waals surface area (Å²) in [6.07, 6.45) is 1.70. The molecule has 1 heterocycles. The summed E-state index contributed by atoms with van der Waals surface area (Å²) in [4.78, 5) is 25.7. The quantitative estimate of drug-likeness (QED) is 0.854. The maximum atomic E-state index is 12.6. The standard InChI is InChI=1S/C15H19N3O3/c1-4-21-14(19)9-18(10(2)3)15(20)11-5-6-12-8-16-17-13(12)7-11/h5-8,10H,4,9H2,1-3H3,(H,16,17). The van der Waals surface area contributed by atoms with Crippen LogP contribution in [0.15, 0.2) is 24.4 Å². The van der Waals surface area contributed by atoms with Gasteiger partial charge in [-0.25, -0.2) is 0 Å². The molecule has 0 saturated heterocycles. The summed E-state index contributed by atoms with van der Waals surface area (Å²) < 4.78 is 4.92. The van der Waals surface area contributed by atoms with E-state index in [9.17, 15) is 9.59 Å². The van der Waals surface area contributed by atoms with Gasteiger partial charge in [-0.15, -0.1) is 0 Å². The van der Waals surface area contributed by atoms with Crippen LogP contribution < -0.4 is 0 Å². The summed E-state index contributed by atoms with van der Waals surface area (Å²) >= 11 is 0. The Hall–Kier alpha value is -2.37. The van der Waals surface area contributed by atoms with Crippen molar-refractivity contribution in [2.45, 2.75) is 26.8 Å². The molecule has 0 atom stereocenters. The number of carbonyl (C=O) groups is 2. The molecule has 0 saturated carbocycles. The Morgan fingerprint density at radius 3 is 2.81 bits per heavy atom. The van der Waals surface area contributed by atoms with Crippen LogP contribution in [0.5, 0.6) is 0 Å². The SMILES string of the molecule is CCOC(=O)CN(C(=O)c1ccc2cn[nH]c2c1)C(C)C. The van der Waals surface area contributed by atoms with Gasteiger partial charge in [0, 0.05) is 17.0 Å². The van der Waals surface area contributed by atoms with E-state index >= 15 is 0 Å². The number of amides is 1. The molecule has 0 unspecified atom stereocenters. The number of aromatic nitrogens is 2. The second-order valence-corrected chi connectivity index (χ2v) is 5.00. The molecule has 2 rings (SSSR count). The van der Waals surface area contributed by atoms with E-state index < -0.39 is 5.97 Å². The molecule has 1 aromatic heterocycles. The lowest BCUT2D eigenvalue weighted by Gasteiger charge is -2.25. The Balaban J connectivity index is 2.22. The summed E-state index contributed by atoms with van der Waals surface area (Å²) in [6.45, 7) is 5.73. The Morgan fingerprint density at radius 1 is 1.38 bits per heavy atom. The van der Waals surface area contributed by atoms with Gasteiger partial charge in [-0.3, -0.25) is 14.7 Å². The molecule has 0 bridgehead atoms. The van der Waals surface area contributed by atoms with Crippen molar-refractivity contribution in [3.63, 3.8) is 0 Å². The van der Waals surface area contributed by atoms with Gasteiger partial charge in [0.2, 0.25) is 0 Å². The highest BCUT2D eigenvalue weighted by Crippen LogP contribution is 2.15. The van der Waals surface area contributed by atoms with Crippen LogP contribution >= 0.6 is 0 Å². The fourth-order valence-corrected chi connectivity index (χ4v) is 2.07. The lowest BCUT2D eigenvalue weighted by Crippen LogP contribution is -2.41. The highest BCUT2D eigenvalue weighted by molar-refractivity contribution is 5.99. The highest BCUT2D eigenvalue weighted by Gasteiger charge is 2.22. The number of benzene rings is 1. The minimum absolute atomic E-state index is 0.0502. The van der Waals surface area contributed by atoms with Gasteiger partial charge in [-0.1, -0.05) is 6.07 Å². The molecule has 1 amide bonds. The molecule has 0 fully saturated rings. The normalized spacial score (nSPS) is 10.9. The van der Waals surface area contributed by atoms with Crippen LogP contribution in [-0.2, 0) is 9.53 Å². The molecule has 21 heavy (non-hydrogen) atoms. The minimum Gasteiger partial charge on any atom is -0.465 e. The predicted octanol–water partition coefficient (Wildman–Crippen LogP) is 1.98. The Kier molecular flexibility index (Phi) is 4.57. The Morgan fingerprint density at radius 2 is 2.14 bits per heavy atom. The molecule has 1 aromatic carbocycles. The summed E-state index contributed by atoms with van der Waals surface area (Å²) in [5.41, 5.74) is 1.31. The highest BCUT2D eigenvalue weighted by atomic mass is 16.5. The second-order valence-electron chi connectivity index (χ2n) is 5.00. The van der Waals surface area contributed by atoms with Gasteiger partial charge in [0.25, 0.3) is 5.91 Å². The van der Waals surface area contributed by atoms with Gasteiger partial charge in [0.15, 0.2) is 0 Å². The fraction of sp³-hybridized carbons (Fsp3) is 0.400. The van der Waals surface area contributed by atoms with Crippen LogP contribution in [0.25, 0.3) is 10.9 Å². The lowest BCUT2D eigenvalue weighted by atomic mass is 10.1. The zero-order valence-corrected chi connectivity index (χ0v) is 12.4. The van der Waals surface area contributed by atoms with E-state index in [4.69, 9.17) is 4.74 Å².